The lowest BCUT2D eigenvalue weighted by Gasteiger charge is -2.30. The van der Waals surface area contributed by atoms with E-state index >= 15 is 0 Å². The fourth-order valence-corrected chi connectivity index (χ4v) is 2.99. The van der Waals surface area contributed by atoms with Gasteiger partial charge in [0, 0.05) is 18.5 Å². The second-order valence-corrected chi connectivity index (χ2v) is 6.61. The highest BCUT2D eigenvalue weighted by Crippen LogP contribution is 2.32. The van der Waals surface area contributed by atoms with E-state index in [0.717, 1.165) is 6.42 Å². The lowest BCUT2D eigenvalue weighted by atomic mass is 9.82. The summed E-state index contributed by atoms with van der Waals surface area (Å²) in [4.78, 5) is 25.2. The first kappa shape index (κ1) is 15.0. The number of rotatable bonds is 4. The molecule has 4 nitrogen and oxygen atoms in total. The highest BCUT2D eigenvalue weighted by atomic mass is 16.4. The van der Waals surface area contributed by atoms with Crippen LogP contribution in [0.4, 0.5) is 0 Å². The molecule has 0 saturated carbocycles. The summed E-state index contributed by atoms with van der Waals surface area (Å²) in [5, 5.41) is 9.09. The van der Waals surface area contributed by atoms with Crippen LogP contribution < -0.4 is 0 Å². The lowest BCUT2D eigenvalue weighted by molar-refractivity contribution is -0.143. The zero-order valence-corrected chi connectivity index (χ0v) is 12.1. The van der Waals surface area contributed by atoms with Crippen molar-refractivity contribution in [3.63, 3.8) is 0 Å². The molecule has 4 heteroatoms. The minimum absolute atomic E-state index is 0.0429. The third-order valence-electron chi connectivity index (χ3n) is 3.71. The molecule has 0 aromatic carbocycles. The van der Waals surface area contributed by atoms with Crippen LogP contribution in [0.1, 0.15) is 41.0 Å². The summed E-state index contributed by atoms with van der Waals surface area (Å²) in [5.41, 5.74) is -0.402. The summed E-state index contributed by atoms with van der Waals surface area (Å²) in [6.45, 7) is 10.9. The maximum atomic E-state index is 12.4. The van der Waals surface area contributed by atoms with Gasteiger partial charge in [0.05, 0.1) is 5.92 Å². The Bertz CT molecular complexity index is 336. The molecule has 1 amide bonds. The summed E-state index contributed by atoms with van der Waals surface area (Å²) in [6.07, 6.45) is 0.828. The molecule has 1 aliphatic heterocycles. The number of likely N-dealkylation sites (tertiary alicyclic amines) is 1. The fourth-order valence-electron chi connectivity index (χ4n) is 2.99. The van der Waals surface area contributed by atoms with E-state index in [1.807, 2.05) is 20.8 Å². The lowest BCUT2D eigenvalue weighted by Crippen LogP contribution is -2.40. The van der Waals surface area contributed by atoms with Gasteiger partial charge in [-0.25, -0.2) is 0 Å². The molecule has 1 rings (SSSR count). The Balaban J connectivity index is 2.72. The highest BCUT2D eigenvalue weighted by Gasteiger charge is 2.41. The molecule has 18 heavy (non-hydrogen) atoms. The molecule has 2 atom stereocenters. The second-order valence-electron chi connectivity index (χ2n) is 6.61. The molecule has 0 aromatic heterocycles. The van der Waals surface area contributed by atoms with Crippen LogP contribution >= 0.6 is 0 Å². The van der Waals surface area contributed by atoms with Crippen molar-refractivity contribution < 1.29 is 14.7 Å². The van der Waals surface area contributed by atoms with Crippen molar-refractivity contribution >= 4 is 11.9 Å². The van der Waals surface area contributed by atoms with Crippen molar-refractivity contribution in [3.05, 3.63) is 0 Å². The molecule has 1 heterocycles. The maximum Gasteiger partial charge on any atom is 0.308 e. The van der Waals surface area contributed by atoms with Crippen molar-refractivity contribution in [1.82, 2.24) is 4.90 Å². The number of carboxylic acid groups (broad SMARTS) is 1. The Labute approximate surface area is 109 Å². The first-order valence-electron chi connectivity index (χ1n) is 6.67. The van der Waals surface area contributed by atoms with Crippen LogP contribution in [0, 0.1) is 23.2 Å². The number of nitrogens with zero attached hydrogens (tertiary/aromatic N) is 1. The number of carbonyl (C=O) groups is 2. The Hall–Kier alpha value is -1.06. The highest BCUT2D eigenvalue weighted by molar-refractivity contribution is 5.83. The molecule has 1 fully saturated rings. The number of amides is 1. The average molecular weight is 255 g/mol. The van der Waals surface area contributed by atoms with Gasteiger partial charge in [-0.15, -0.1) is 0 Å². The number of carbonyl (C=O) groups excluding carboxylic acids is 1. The molecular weight excluding hydrogens is 230 g/mol. The van der Waals surface area contributed by atoms with Gasteiger partial charge in [-0.1, -0.05) is 34.6 Å². The smallest absolute Gasteiger partial charge is 0.308 e. The van der Waals surface area contributed by atoms with Gasteiger partial charge in [0.25, 0.3) is 0 Å². The topological polar surface area (TPSA) is 57.6 Å². The van der Waals surface area contributed by atoms with Gasteiger partial charge in [-0.3, -0.25) is 9.59 Å². The summed E-state index contributed by atoms with van der Waals surface area (Å²) >= 11 is 0. The quantitative estimate of drug-likeness (QED) is 0.838. The van der Waals surface area contributed by atoms with Gasteiger partial charge in [0.2, 0.25) is 5.91 Å². The van der Waals surface area contributed by atoms with Crippen LogP contribution in [0.5, 0.6) is 0 Å². The van der Waals surface area contributed by atoms with Crippen molar-refractivity contribution in [2.75, 3.05) is 13.1 Å². The number of aliphatic carboxylic acids is 1. The van der Waals surface area contributed by atoms with Crippen LogP contribution in [0.3, 0.4) is 0 Å². The van der Waals surface area contributed by atoms with Gasteiger partial charge < -0.3 is 10.0 Å². The largest absolute Gasteiger partial charge is 0.481 e. The second kappa shape index (κ2) is 5.29. The molecule has 0 unspecified atom stereocenters. The van der Waals surface area contributed by atoms with Crippen LogP contribution in [0.15, 0.2) is 0 Å². The maximum absolute atomic E-state index is 12.4. The molecule has 0 radical (unpaired) electrons. The minimum atomic E-state index is -0.792. The van der Waals surface area contributed by atoms with E-state index in [1.165, 1.54) is 0 Å². The molecule has 0 spiro atoms. The third-order valence-corrected chi connectivity index (χ3v) is 3.71. The van der Waals surface area contributed by atoms with E-state index in [0.29, 0.717) is 19.0 Å². The molecule has 104 valence electrons. The standard InChI is InChI=1S/C14H25NO3/c1-9(2)6-14(4,5)13(18)15-7-10(3)11(8-15)12(16)17/h9-11H,6-8H2,1-5H3,(H,16,17)/t10-,11-/m1/s1. The minimum Gasteiger partial charge on any atom is -0.481 e. The van der Waals surface area contributed by atoms with E-state index in [9.17, 15) is 9.59 Å². The Morgan fingerprint density at radius 1 is 1.33 bits per heavy atom. The Kier molecular flexibility index (Phi) is 4.41. The summed E-state index contributed by atoms with van der Waals surface area (Å²) in [6, 6.07) is 0. The van der Waals surface area contributed by atoms with Gasteiger partial charge in [0.1, 0.15) is 0 Å². The average Bonchev–Trinajstić information content (AvgIpc) is 2.57. The Morgan fingerprint density at radius 3 is 2.28 bits per heavy atom. The molecule has 0 aromatic rings. The van der Waals surface area contributed by atoms with E-state index in [-0.39, 0.29) is 11.8 Å². The van der Waals surface area contributed by atoms with Crippen LogP contribution in [-0.4, -0.2) is 35.0 Å². The van der Waals surface area contributed by atoms with Gasteiger partial charge in [-0.2, -0.15) is 0 Å². The number of hydrogen-bond donors (Lipinski definition) is 1. The molecule has 0 bridgehead atoms. The zero-order chi connectivity index (χ0) is 14.1. The third kappa shape index (κ3) is 3.24. The van der Waals surface area contributed by atoms with Gasteiger partial charge >= 0.3 is 5.97 Å². The first-order valence-corrected chi connectivity index (χ1v) is 6.67. The van der Waals surface area contributed by atoms with E-state index < -0.39 is 17.3 Å². The predicted octanol–water partition coefficient (Wildman–Crippen LogP) is 2.24. The fraction of sp³-hybridized carbons (Fsp3) is 0.857. The van der Waals surface area contributed by atoms with E-state index in [2.05, 4.69) is 13.8 Å². The SMILES string of the molecule is CC(C)CC(C)(C)C(=O)N1C[C@@H](C)[C@H](C(=O)O)C1. The summed E-state index contributed by atoms with van der Waals surface area (Å²) in [7, 11) is 0. The van der Waals surface area contributed by atoms with Crippen molar-refractivity contribution in [2.45, 2.75) is 41.0 Å². The monoisotopic (exact) mass is 255 g/mol. The van der Waals surface area contributed by atoms with Crippen molar-refractivity contribution in [1.29, 1.82) is 0 Å². The number of carboxylic acids is 1. The van der Waals surface area contributed by atoms with Gasteiger partial charge in [-0.05, 0) is 18.3 Å². The van der Waals surface area contributed by atoms with E-state index in [4.69, 9.17) is 5.11 Å². The molecule has 0 aliphatic carbocycles. The summed E-state index contributed by atoms with van der Waals surface area (Å²) < 4.78 is 0. The van der Waals surface area contributed by atoms with Crippen LogP contribution in [0.25, 0.3) is 0 Å². The van der Waals surface area contributed by atoms with E-state index in [1.54, 1.807) is 4.90 Å². The first-order chi connectivity index (χ1) is 8.15. The van der Waals surface area contributed by atoms with Gasteiger partial charge in [0.15, 0.2) is 0 Å². The van der Waals surface area contributed by atoms with Crippen molar-refractivity contribution in [3.8, 4) is 0 Å². The van der Waals surface area contributed by atoms with Crippen LogP contribution in [-0.2, 0) is 9.59 Å². The normalized spacial score (nSPS) is 24.7. The predicted molar refractivity (Wildman–Crippen MR) is 70.1 cm³/mol. The zero-order valence-electron chi connectivity index (χ0n) is 12.1. The van der Waals surface area contributed by atoms with Crippen LogP contribution in [0.2, 0.25) is 0 Å². The molecule has 1 N–H and O–H groups in total. The Morgan fingerprint density at radius 2 is 1.89 bits per heavy atom. The van der Waals surface area contributed by atoms with Crippen molar-refractivity contribution in [2.24, 2.45) is 23.2 Å². The number of hydrogen-bond acceptors (Lipinski definition) is 2. The molecule has 1 saturated heterocycles. The molecular formula is C14H25NO3. The summed E-state index contributed by atoms with van der Waals surface area (Å²) in [5.74, 6) is -0.615. The molecule has 1 aliphatic rings.